The van der Waals surface area contributed by atoms with E-state index < -0.39 is 5.97 Å². The molecular weight excluding hydrogens is 1140 g/mol. The summed E-state index contributed by atoms with van der Waals surface area (Å²) >= 11 is 0. The van der Waals surface area contributed by atoms with Gasteiger partial charge in [-0.15, -0.1) is 26.2 Å². The van der Waals surface area contributed by atoms with E-state index in [-0.39, 0.29) is 50.1 Å². The monoisotopic (exact) mass is 1230 g/mol. The SMILES string of the molecule is C=C.COc1c(C(=O)O)cnn1-c1cc(-c2cccc3c2C(Cc2ccc(C4CCN(C(C)=O)CC4)c(C)c2C)CC3)ccc1C.COc1c(C)cnn1-c1cc(-c2cccc3c2C(Cc2ccc(C4CC[N-]CC4)c(C)c2C)CC3)ccc1C.[Y]. The Morgan fingerprint density at radius 2 is 1.05 bits per heavy atom. The zero-order valence-electron chi connectivity index (χ0n) is 52.4. The molecular formula is C74H85N6O5Y-. The van der Waals surface area contributed by atoms with E-state index in [4.69, 9.17) is 9.47 Å². The van der Waals surface area contributed by atoms with Gasteiger partial charge >= 0.3 is 5.97 Å². The Balaban J connectivity index is 0.000000199. The van der Waals surface area contributed by atoms with Crippen LogP contribution in [0.15, 0.2) is 123 Å². The number of benzene rings is 6. The number of nitrogens with zero attached hydrogens (tertiary/aromatic N) is 6. The first-order chi connectivity index (χ1) is 41.1. The summed E-state index contributed by atoms with van der Waals surface area (Å²) in [6, 6.07) is 36.2. The summed E-state index contributed by atoms with van der Waals surface area (Å²) in [6.45, 7) is 26.8. The molecule has 4 aliphatic rings. The van der Waals surface area contributed by atoms with Gasteiger partial charge in [-0.25, -0.2) is 14.2 Å². The van der Waals surface area contributed by atoms with Gasteiger partial charge < -0.3 is 24.8 Å². The molecule has 86 heavy (non-hydrogen) atoms. The van der Waals surface area contributed by atoms with Crippen molar-refractivity contribution in [3.63, 3.8) is 0 Å². The van der Waals surface area contributed by atoms with Crippen LogP contribution in [0.5, 0.6) is 11.8 Å². The number of hydrogen-bond acceptors (Lipinski definition) is 6. The quantitative estimate of drug-likeness (QED) is 0.114. The smallest absolute Gasteiger partial charge is 0.342 e. The Morgan fingerprint density at radius 1 is 0.581 bits per heavy atom. The average Bonchev–Trinajstić information content (AvgIpc) is 1.84. The van der Waals surface area contributed by atoms with Crippen LogP contribution in [0.1, 0.15) is 163 Å². The molecule has 1 N–H and O–H groups in total. The van der Waals surface area contributed by atoms with E-state index in [1.807, 2.05) is 29.6 Å². The minimum Gasteiger partial charge on any atom is -0.662 e. The molecule has 0 bridgehead atoms. The number of rotatable bonds is 13. The molecule has 2 aromatic heterocycles. The maximum Gasteiger partial charge on any atom is 0.342 e. The summed E-state index contributed by atoms with van der Waals surface area (Å²) in [4.78, 5) is 25.5. The molecule has 2 atom stereocenters. The molecule has 8 aromatic rings. The fourth-order valence-corrected chi connectivity index (χ4v) is 14.4. The number of ether oxygens (including phenoxy) is 2. The number of carboxylic acids is 1. The molecule has 12 rings (SSSR count). The minimum absolute atomic E-state index is 0. The van der Waals surface area contributed by atoms with Gasteiger partial charge in [0.1, 0.15) is 5.56 Å². The topological polar surface area (TPSA) is 126 Å². The normalized spacial score (nSPS) is 16.5. The first-order valence-corrected chi connectivity index (χ1v) is 30.6. The first-order valence-electron chi connectivity index (χ1n) is 30.6. The Hall–Kier alpha value is -6.92. The van der Waals surface area contributed by atoms with Crippen LogP contribution in [0.4, 0.5) is 0 Å². The summed E-state index contributed by atoms with van der Waals surface area (Å²) < 4.78 is 14.7. The van der Waals surface area contributed by atoms with Gasteiger partial charge in [-0.2, -0.15) is 10.2 Å². The predicted octanol–water partition coefficient (Wildman–Crippen LogP) is 16.3. The molecule has 445 valence electrons. The zero-order chi connectivity index (χ0) is 60.2. The number of carbonyl (C=O) groups is 2. The van der Waals surface area contributed by atoms with Crippen molar-refractivity contribution in [2.75, 3.05) is 40.4 Å². The second kappa shape index (κ2) is 27.8. The van der Waals surface area contributed by atoms with E-state index in [1.54, 1.807) is 24.3 Å². The van der Waals surface area contributed by atoms with Crippen LogP contribution < -0.4 is 9.47 Å². The molecule has 1 amide bonds. The van der Waals surface area contributed by atoms with Crippen molar-refractivity contribution in [3.05, 3.63) is 217 Å². The predicted molar refractivity (Wildman–Crippen MR) is 344 cm³/mol. The number of fused-ring (bicyclic) bond motifs is 2. The number of aryl methyl sites for hydroxylation is 5. The maximum absolute atomic E-state index is 11.8. The maximum atomic E-state index is 11.8. The number of amides is 1. The van der Waals surface area contributed by atoms with Crippen LogP contribution in [0.25, 0.3) is 38.9 Å². The van der Waals surface area contributed by atoms with Crippen molar-refractivity contribution in [1.29, 1.82) is 0 Å². The van der Waals surface area contributed by atoms with Gasteiger partial charge in [0.2, 0.25) is 17.7 Å². The van der Waals surface area contributed by atoms with E-state index in [2.05, 4.69) is 160 Å². The summed E-state index contributed by atoms with van der Waals surface area (Å²) in [5.41, 5.74) is 27.6. The molecule has 2 unspecified atom stereocenters. The van der Waals surface area contributed by atoms with Gasteiger partial charge in [0.05, 0.1) is 38.0 Å². The van der Waals surface area contributed by atoms with Crippen LogP contribution in [-0.4, -0.2) is 81.8 Å². The molecule has 2 fully saturated rings. The number of hydrogen-bond donors (Lipinski definition) is 1. The number of methoxy groups -OCH3 is 2. The second-order valence-corrected chi connectivity index (χ2v) is 24.0. The largest absolute Gasteiger partial charge is 0.662 e. The summed E-state index contributed by atoms with van der Waals surface area (Å²) in [5.74, 6) is 2.23. The molecule has 1 radical (unpaired) electrons. The number of carbonyl (C=O) groups excluding carboxylic acids is 1. The molecule has 0 saturated carbocycles. The number of aromatic nitrogens is 4. The van der Waals surface area contributed by atoms with Crippen LogP contribution >= 0.6 is 0 Å². The third-order valence-electron chi connectivity index (χ3n) is 19.4. The molecule has 4 heterocycles. The third-order valence-corrected chi connectivity index (χ3v) is 19.4. The molecule has 12 heteroatoms. The van der Waals surface area contributed by atoms with Gasteiger partial charge in [-0.3, -0.25) is 4.79 Å². The Kier molecular flexibility index (Phi) is 20.6. The molecule has 11 nitrogen and oxygen atoms in total. The van der Waals surface area contributed by atoms with Crippen molar-refractivity contribution in [3.8, 4) is 45.4 Å². The minimum atomic E-state index is -1.07. The van der Waals surface area contributed by atoms with Crippen molar-refractivity contribution in [2.24, 2.45) is 0 Å². The van der Waals surface area contributed by atoms with Gasteiger partial charge in [-0.1, -0.05) is 97.8 Å². The standard InChI is InChI=1S/C37H41N3O4.C35H40N3O.C2H4.Y/c1-22-9-10-29(20-34(22)40-36(44-5)33(21-38-40)37(42)43)32-8-6-7-27-11-12-30(35(27)32)19-28-13-14-31(24(3)23(28)2)26-15-17-39(18-16-26)25(4)41;1-22-9-10-29(20-33(22)38-35(39-5)23(2)21-37-38)32-8-6-7-27-11-12-30(34(27)32)19-28-13-14-31(25(4)24(28)3)26-15-17-36-18-16-26;1-2;/h6-10,13-14,20-21,26,30H,11-12,15-19H2,1-5H3,(H,42,43);6-10,13-14,20-21,26,30H,11-12,15-19H2,1-5H3;1-2H2;/q;-1;;. The van der Waals surface area contributed by atoms with E-state index >= 15 is 0 Å². The van der Waals surface area contributed by atoms with E-state index in [1.165, 1.54) is 116 Å². The van der Waals surface area contributed by atoms with Crippen LogP contribution in [0.2, 0.25) is 0 Å². The summed E-state index contributed by atoms with van der Waals surface area (Å²) in [5, 5.41) is 23.2. The van der Waals surface area contributed by atoms with Crippen molar-refractivity contribution in [1.82, 2.24) is 24.5 Å². The van der Waals surface area contributed by atoms with E-state index in [0.717, 1.165) is 105 Å². The van der Waals surface area contributed by atoms with E-state index in [9.17, 15) is 14.7 Å². The number of carboxylic acid groups (broad SMARTS) is 1. The van der Waals surface area contributed by atoms with Gasteiger partial charge in [0, 0.05) is 58.3 Å². The summed E-state index contributed by atoms with van der Waals surface area (Å²) in [6.07, 6.45) is 14.3. The van der Waals surface area contributed by atoms with Crippen LogP contribution in [0, 0.1) is 48.5 Å². The van der Waals surface area contributed by atoms with Gasteiger partial charge in [-0.05, 0) is 236 Å². The Bertz CT molecular complexity index is 3770. The zero-order valence-corrected chi connectivity index (χ0v) is 55.2. The van der Waals surface area contributed by atoms with Crippen molar-refractivity contribution in [2.45, 2.75) is 143 Å². The van der Waals surface area contributed by atoms with Gasteiger partial charge in [0.25, 0.3) is 0 Å². The Morgan fingerprint density at radius 3 is 1.51 bits per heavy atom. The van der Waals surface area contributed by atoms with Crippen LogP contribution in [0.3, 0.4) is 0 Å². The van der Waals surface area contributed by atoms with Crippen molar-refractivity contribution >= 4 is 11.9 Å². The Labute approximate surface area is 535 Å². The fraction of sp³-hybridized carbons (Fsp3) is 0.378. The third kappa shape index (κ3) is 12.7. The molecule has 2 aliphatic carbocycles. The number of likely N-dealkylation sites (tertiary alicyclic amines) is 1. The average molecular weight is 1230 g/mol. The molecule has 2 aliphatic heterocycles. The van der Waals surface area contributed by atoms with E-state index in [0.29, 0.717) is 23.7 Å². The fourth-order valence-electron chi connectivity index (χ4n) is 14.4. The van der Waals surface area contributed by atoms with Crippen LogP contribution in [-0.2, 0) is 63.2 Å². The summed E-state index contributed by atoms with van der Waals surface area (Å²) in [7, 11) is 3.19. The number of aromatic carboxylic acids is 1. The molecule has 6 aromatic carbocycles. The molecule has 2 saturated heterocycles. The second-order valence-electron chi connectivity index (χ2n) is 24.0. The van der Waals surface area contributed by atoms with Crippen molar-refractivity contribution < 1.29 is 56.9 Å². The molecule has 0 spiro atoms. The first kappa shape index (κ1) is 63.6. The number of piperidine rings is 2. The van der Waals surface area contributed by atoms with Gasteiger partial charge in [0.15, 0.2) is 0 Å².